The Morgan fingerprint density at radius 1 is 1.19 bits per heavy atom. The lowest BCUT2D eigenvalue weighted by Gasteiger charge is -2.16. The Morgan fingerprint density at radius 3 is 2.67 bits per heavy atom. The number of benzene rings is 2. The van der Waals surface area contributed by atoms with Crippen LogP contribution in [0.1, 0.15) is 5.56 Å². The summed E-state index contributed by atoms with van der Waals surface area (Å²) < 4.78 is 26.5. The fourth-order valence-corrected chi connectivity index (χ4v) is 3.07. The van der Waals surface area contributed by atoms with Gasteiger partial charge in [0.05, 0.1) is 5.02 Å². The van der Waals surface area contributed by atoms with Crippen LogP contribution in [0.25, 0.3) is 0 Å². The molecule has 21 heavy (non-hydrogen) atoms. The van der Waals surface area contributed by atoms with Crippen LogP contribution in [0, 0.1) is 11.6 Å². The summed E-state index contributed by atoms with van der Waals surface area (Å²) in [4.78, 5) is 0.820. The number of hydrogen-bond donors (Lipinski definition) is 2. The molecule has 112 valence electrons. The van der Waals surface area contributed by atoms with Crippen molar-refractivity contribution in [2.75, 3.05) is 5.75 Å². The van der Waals surface area contributed by atoms with Gasteiger partial charge in [-0.25, -0.2) is 8.78 Å². The van der Waals surface area contributed by atoms with Gasteiger partial charge in [-0.1, -0.05) is 29.8 Å². The number of nitrogens with one attached hydrogen (secondary N) is 1. The lowest BCUT2D eigenvalue weighted by atomic mass is 10.1. The van der Waals surface area contributed by atoms with Crippen molar-refractivity contribution in [1.29, 1.82) is 0 Å². The molecule has 0 radical (unpaired) electrons. The van der Waals surface area contributed by atoms with Gasteiger partial charge in [0.15, 0.2) is 0 Å². The Hall–Kier alpha value is -1.14. The number of hydrogen-bond acceptors (Lipinski definition) is 3. The quantitative estimate of drug-likeness (QED) is 0.481. The molecule has 0 saturated carbocycles. The number of hydrazine groups is 1. The summed E-state index contributed by atoms with van der Waals surface area (Å²) in [6.45, 7) is 0. The zero-order valence-electron chi connectivity index (χ0n) is 11.2. The highest BCUT2D eigenvalue weighted by Crippen LogP contribution is 2.24. The topological polar surface area (TPSA) is 38.0 Å². The van der Waals surface area contributed by atoms with Crippen molar-refractivity contribution in [3.05, 3.63) is 64.7 Å². The van der Waals surface area contributed by atoms with E-state index >= 15 is 0 Å². The van der Waals surface area contributed by atoms with Gasteiger partial charge in [-0.2, -0.15) is 0 Å². The smallest absolute Gasteiger partial charge is 0.142 e. The van der Waals surface area contributed by atoms with Crippen molar-refractivity contribution >= 4 is 23.4 Å². The highest BCUT2D eigenvalue weighted by Gasteiger charge is 2.13. The molecule has 0 spiro atoms. The molecule has 0 bridgehead atoms. The number of halogens is 3. The summed E-state index contributed by atoms with van der Waals surface area (Å²) in [6, 6.07) is 11.0. The Bertz CT molecular complexity index is 610. The van der Waals surface area contributed by atoms with Gasteiger partial charge >= 0.3 is 0 Å². The molecule has 0 saturated heterocycles. The molecular weight excluding hydrogens is 314 g/mol. The standard InChI is InChI=1S/C15H15ClF2N2S/c16-15-10(3-1-6-14(15)18)7-12(20-19)9-21-13-5-2-4-11(17)8-13/h1-6,8,12,20H,7,9,19H2. The van der Waals surface area contributed by atoms with Crippen LogP contribution in [0.5, 0.6) is 0 Å². The van der Waals surface area contributed by atoms with Crippen LogP contribution in [0.3, 0.4) is 0 Å². The zero-order valence-corrected chi connectivity index (χ0v) is 12.7. The van der Waals surface area contributed by atoms with E-state index in [1.807, 2.05) is 6.07 Å². The van der Waals surface area contributed by atoms with E-state index in [0.29, 0.717) is 17.7 Å². The Morgan fingerprint density at radius 2 is 1.95 bits per heavy atom. The third-order valence-electron chi connectivity index (χ3n) is 2.98. The van der Waals surface area contributed by atoms with Crippen molar-refractivity contribution in [2.24, 2.45) is 5.84 Å². The molecule has 0 aliphatic heterocycles. The number of rotatable bonds is 6. The Kier molecular flexibility index (Phi) is 5.99. The van der Waals surface area contributed by atoms with E-state index in [4.69, 9.17) is 17.4 Å². The molecule has 3 N–H and O–H groups in total. The maximum absolute atomic E-state index is 13.4. The van der Waals surface area contributed by atoms with Gasteiger partial charge < -0.3 is 0 Å². The maximum atomic E-state index is 13.4. The summed E-state index contributed by atoms with van der Waals surface area (Å²) in [7, 11) is 0. The van der Waals surface area contributed by atoms with E-state index in [9.17, 15) is 8.78 Å². The molecule has 2 nitrogen and oxygen atoms in total. The Labute approximate surface area is 131 Å². The van der Waals surface area contributed by atoms with E-state index in [1.54, 1.807) is 18.2 Å². The molecule has 2 aromatic carbocycles. The largest absolute Gasteiger partial charge is 0.271 e. The molecule has 0 aromatic heterocycles. The van der Waals surface area contributed by atoms with Crippen LogP contribution >= 0.6 is 23.4 Å². The van der Waals surface area contributed by atoms with Gasteiger partial charge in [-0.3, -0.25) is 11.3 Å². The average molecular weight is 329 g/mol. The first kappa shape index (κ1) is 16.2. The second-order valence-corrected chi connectivity index (χ2v) is 6.02. The maximum Gasteiger partial charge on any atom is 0.142 e. The van der Waals surface area contributed by atoms with E-state index < -0.39 is 5.82 Å². The minimum Gasteiger partial charge on any atom is -0.271 e. The molecule has 2 aromatic rings. The van der Waals surface area contributed by atoms with E-state index in [1.165, 1.54) is 30.0 Å². The lowest BCUT2D eigenvalue weighted by molar-refractivity contribution is 0.570. The van der Waals surface area contributed by atoms with Crippen LogP contribution in [-0.4, -0.2) is 11.8 Å². The normalized spacial score (nSPS) is 12.4. The monoisotopic (exact) mass is 328 g/mol. The molecule has 1 atom stereocenters. The Balaban J connectivity index is 1.99. The summed E-state index contributed by atoms with van der Waals surface area (Å²) in [5.74, 6) is 5.43. The molecule has 0 heterocycles. The summed E-state index contributed by atoms with van der Waals surface area (Å²) >= 11 is 7.41. The van der Waals surface area contributed by atoms with Gasteiger partial charge in [0, 0.05) is 16.7 Å². The van der Waals surface area contributed by atoms with Crippen molar-refractivity contribution in [2.45, 2.75) is 17.4 Å². The minimum atomic E-state index is -0.442. The highest BCUT2D eigenvalue weighted by molar-refractivity contribution is 7.99. The zero-order chi connectivity index (χ0) is 15.2. The molecule has 0 aliphatic rings. The summed E-state index contributed by atoms with van der Waals surface area (Å²) in [5.41, 5.74) is 3.38. The average Bonchev–Trinajstić information content (AvgIpc) is 2.48. The summed E-state index contributed by atoms with van der Waals surface area (Å²) in [5, 5.41) is 0.119. The van der Waals surface area contributed by atoms with Gasteiger partial charge in [0.25, 0.3) is 0 Å². The van der Waals surface area contributed by atoms with Gasteiger partial charge in [-0.05, 0) is 36.2 Å². The molecule has 0 fully saturated rings. The molecule has 0 aliphatic carbocycles. The van der Waals surface area contributed by atoms with Crippen LogP contribution in [0.4, 0.5) is 8.78 Å². The molecule has 6 heteroatoms. The minimum absolute atomic E-state index is 0.0995. The van der Waals surface area contributed by atoms with Crippen molar-refractivity contribution in [1.82, 2.24) is 5.43 Å². The van der Waals surface area contributed by atoms with Gasteiger partial charge in [0.2, 0.25) is 0 Å². The first-order valence-electron chi connectivity index (χ1n) is 6.37. The number of nitrogens with two attached hydrogens (primary N) is 1. The predicted molar refractivity (Wildman–Crippen MR) is 83.3 cm³/mol. The second-order valence-electron chi connectivity index (χ2n) is 4.55. The van der Waals surface area contributed by atoms with Crippen LogP contribution < -0.4 is 11.3 Å². The third-order valence-corrected chi connectivity index (χ3v) is 4.56. The summed E-state index contributed by atoms with van der Waals surface area (Å²) in [6.07, 6.45) is 0.495. The fourth-order valence-electron chi connectivity index (χ4n) is 1.89. The lowest BCUT2D eigenvalue weighted by Crippen LogP contribution is -2.38. The van der Waals surface area contributed by atoms with E-state index in [-0.39, 0.29) is 16.9 Å². The van der Waals surface area contributed by atoms with E-state index in [2.05, 4.69) is 5.43 Å². The van der Waals surface area contributed by atoms with Crippen molar-refractivity contribution in [3.8, 4) is 0 Å². The number of thioether (sulfide) groups is 1. The first-order chi connectivity index (χ1) is 10.1. The predicted octanol–water partition coefficient (Wildman–Crippen LogP) is 3.78. The van der Waals surface area contributed by atoms with E-state index in [0.717, 1.165) is 4.90 Å². The molecular formula is C15H15ClF2N2S. The van der Waals surface area contributed by atoms with Gasteiger partial charge in [-0.15, -0.1) is 11.8 Å². The first-order valence-corrected chi connectivity index (χ1v) is 7.74. The molecule has 1 unspecified atom stereocenters. The fraction of sp³-hybridized carbons (Fsp3) is 0.200. The van der Waals surface area contributed by atoms with Crippen molar-refractivity contribution < 1.29 is 8.78 Å². The second kappa shape index (κ2) is 7.75. The van der Waals surface area contributed by atoms with Crippen molar-refractivity contribution in [3.63, 3.8) is 0 Å². The van der Waals surface area contributed by atoms with Crippen LogP contribution in [0.15, 0.2) is 47.4 Å². The third kappa shape index (κ3) is 4.68. The highest BCUT2D eigenvalue weighted by atomic mass is 35.5. The SMILES string of the molecule is NNC(CSc1cccc(F)c1)Cc1cccc(F)c1Cl. The van der Waals surface area contributed by atoms with Crippen LogP contribution in [0.2, 0.25) is 5.02 Å². The van der Waals surface area contributed by atoms with Gasteiger partial charge in [0.1, 0.15) is 11.6 Å². The van der Waals surface area contributed by atoms with Crippen LogP contribution in [-0.2, 0) is 6.42 Å². The molecule has 2 rings (SSSR count). The molecule has 0 amide bonds.